The fraction of sp³-hybridized carbons (Fsp3) is 0.375. The highest BCUT2D eigenvalue weighted by Crippen LogP contribution is 2.52. The summed E-state index contributed by atoms with van der Waals surface area (Å²) in [5.41, 5.74) is 3.72. The number of methoxy groups -OCH3 is 1. The second kappa shape index (κ2) is 7.29. The predicted molar refractivity (Wildman–Crippen MR) is 113 cm³/mol. The van der Waals surface area contributed by atoms with E-state index in [2.05, 4.69) is 0 Å². The molecule has 1 fully saturated rings. The number of ketones is 1. The molecule has 1 saturated carbocycles. The highest BCUT2D eigenvalue weighted by Gasteiger charge is 2.46. The number of rotatable bonds is 3. The normalized spacial score (nSPS) is 18.8. The Labute approximate surface area is 171 Å². The van der Waals surface area contributed by atoms with Crippen molar-refractivity contribution < 1.29 is 14.6 Å². The van der Waals surface area contributed by atoms with Crippen LogP contribution in [0.5, 0.6) is 5.75 Å². The van der Waals surface area contributed by atoms with Crippen LogP contribution in [0.2, 0.25) is 5.02 Å². The molecule has 1 N–H and O–H groups in total. The maximum absolute atomic E-state index is 12.9. The third-order valence-electron chi connectivity index (χ3n) is 6.31. The second-order valence-electron chi connectivity index (χ2n) is 8.04. The van der Waals surface area contributed by atoms with Gasteiger partial charge in [-0.05, 0) is 60.7 Å². The van der Waals surface area contributed by atoms with Gasteiger partial charge in [-0.15, -0.1) is 0 Å². The molecule has 146 valence electrons. The lowest BCUT2D eigenvalue weighted by Crippen LogP contribution is -2.24. The molecule has 3 nitrogen and oxygen atoms in total. The van der Waals surface area contributed by atoms with Crippen LogP contribution >= 0.6 is 11.6 Å². The Bertz CT molecular complexity index is 951. The summed E-state index contributed by atoms with van der Waals surface area (Å²) in [5.74, 6) is 1.11. The lowest BCUT2D eigenvalue weighted by molar-refractivity contribution is -0.114. The smallest absolute Gasteiger partial charge is 0.167 e. The molecule has 2 aromatic carbocycles. The fourth-order valence-corrected chi connectivity index (χ4v) is 5.01. The van der Waals surface area contributed by atoms with Gasteiger partial charge in [0, 0.05) is 22.4 Å². The number of Topliss-reactive ketones (excluding diaryl/α,β-unsaturated/α-hetero) is 1. The monoisotopic (exact) mass is 396 g/mol. The maximum Gasteiger partial charge on any atom is 0.167 e. The minimum atomic E-state index is -0.349. The molecule has 0 unspecified atom stereocenters. The third-order valence-corrected chi connectivity index (χ3v) is 6.62. The van der Waals surface area contributed by atoms with Gasteiger partial charge < -0.3 is 9.84 Å². The van der Waals surface area contributed by atoms with E-state index in [0.717, 1.165) is 53.7 Å². The number of allylic oxidation sites excluding steroid dienone is 2. The number of benzene rings is 2. The van der Waals surface area contributed by atoms with Crippen molar-refractivity contribution in [2.75, 3.05) is 7.11 Å². The van der Waals surface area contributed by atoms with Crippen LogP contribution in [0.15, 0.2) is 42.2 Å². The zero-order chi connectivity index (χ0) is 19.9. The van der Waals surface area contributed by atoms with E-state index < -0.39 is 0 Å². The molecule has 0 amide bonds. The average Bonchev–Trinajstić information content (AvgIpc) is 2.93. The molecule has 4 rings (SSSR count). The number of hydrogen-bond donors (Lipinski definition) is 1. The Kier molecular flexibility index (Phi) is 4.96. The van der Waals surface area contributed by atoms with Crippen LogP contribution in [-0.2, 0) is 4.79 Å². The molecule has 2 aliphatic rings. The van der Waals surface area contributed by atoms with E-state index >= 15 is 0 Å². The number of ether oxygens (including phenoxy) is 1. The molecule has 2 aliphatic carbocycles. The number of carbonyl (C=O) groups is 1. The first-order valence-electron chi connectivity index (χ1n) is 9.87. The van der Waals surface area contributed by atoms with E-state index in [9.17, 15) is 9.90 Å². The van der Waals surface area contributed by atoms with E-state index in [0.29, 0.717) is 17.0 Å². The van der Waals surface area contributed by atoms with E-state index in [1.807, 2.05) is 43.3 Å². The number of halogens is 1. The molecule has 1 spiro atoms. The first kappa shape index (κ1) is 19.1. The molecular weight excluding hydrogens is 372 g/mol. The van der Waals surface area contributed by atoms with E-state index in [1.54, 1.807) is 7.11 Å². The summed E-state index contributed by atoms with van der Waals surface area (Å²) in [6.07, 6.45) is 5.53. The van der Waals surface area contributed by atoms with Gasteiger partial charge in [-0.25, -0.2) is 0 Å². The lowest BCUT2D eigenvalue weighted by Gasteiger charge is -2.32. The Hall–Kier alpha value is -2.26. The number of carbonyl (C=O) groups excluding carboxylic acids is 1. The lowest BCUT2D eigenvalue weighted by atomic mass is 9.72. The van der Waals surface area contributed by atoms with Gasteiger partial charge in [0.05, 0.1) is 12.7 Å². The van der Waals surface area contributed by atoms with Crippen LogP contribution in [-0.4, -0.2) is 18.0 Å². The Morgan fingerprint density at radius 1 is 1.04 bits per heavy atom. The second-order valence-corrected chi connectivity index (χ2v) is 8.45. The Morgan fingerprint density at radius 3 is 2.36 bits per heavy atom. The maximum atomic E-state index is 12.9. The molecule has 0 aromatic heterocycles. The minimum absolute atomic E-state index is 0.0377. The van der Waals surface area contributed by atoms with Crippen molar-refractivity contribution in [2.45, 2.75) is 45.4 Å². The van der Waals surface area contributed by atoms with Crippen molar-refractivity contribution in [3.63, 3.8) is 0 Å². The van der Waals surface area contributed by atoms with Gasteiger partial charge in [0.15, 0.2) is 5.78 Å². The van der Waals surface area contributed by atoms with Crippen molar-refractivity contribution >= 4 is 23.0 Å². The van der Waals surface area contributed by atoms with Gasteiger partial charge >= 0.3 is 0 Å². The third kappa shape index (κ3) is 3.12. The first-order chi connectivity index (χ1) is 13.4. The molecule has 0 bridgehead atoms. The van der Waals surface area contributed by atoms with Crippen LogP contribution in [0.4, 0.5) is 0 Å². The summed E-state index contributed by atoms with van der Waals surface area (Å²) < 4.78 is 5.22. The van der Waals surface area contributed by atoms with Crippen molar-refractivity contribution in [1.82, 2.24) is 0 Å². The molecule has 28 heavy (non-hydrogen) atoms. The minimum Gasteiger partial charge on any atom is -0.511 e. The molecule has 0 atom stereocenters. The molecular formula is C24H25ClO3. The van der Waals surface area contributed by atoms with Crippen LogP contribution in [0.3, 0.4) is 0 Å². The largest absolute Gasteiger partial charge is 0.511 e. The molecule has 0 radical (unpaired) electrons. The molecule has 2 aromatic rings. The highest BCUT2D eigenvalue weighted by atomic mass is 35.5. The van der Waals surface area contributed by atoms with Gasteiger partial charge in [-0.3, -0.25) is 4.79 Å². The average molecular weight is 397 g/mol. The summed E-state index contributed by atoms with van der Waals surface area (Å²) in [6.45, 7) is 1.97. The van der Waals surface area contributed by atoms with E-state index in [4.69, 9.17) is 16.3 Å². The summed E-state index contributed by atoms with van der Waals surface area (Å²) in [7, 11) is 1.64. The summed E-state index contributed by atoms with van der Waals surface area (Å²) in [5, 5.41) is 11.6. The van der Waals surface area contributed by atoms with Gasteiger partial charge in [0.2, 0.25) is 0 Å². The van der Waals surface area contributed by atoms with E-state index in [-0.39, 0.29) is 17.0 Å². The van der Waals surface area contributed by atoms with Crippen LogP contribution in [0.1, 0.15) is 49.7 Å². The first-order valence-corrected chi connectivity index (χ1v) is 10.2. The number of aliphatic hydroxyl groups is 1. The van der Waals surface area contributed by atoms with Crippen LogP contribution < -0.4 is 4.74 Å². The quantitative estimate of drug-likeness (QED) is 0.642. The zero-order valence-electron chi connectivity index (χ0n) is 16.3. The van der Waals surface area contributed by atoms with Crippen molar-refractivity contribution in [3.05, 3.63) is 58.3 Å². The van der Waals surface area contributed by atoms with Gasteiger partial charge in [0.25, 0.3) is 0 Å². The molecule has 0 aliphatic heterocycles. The number of aryl methyl sites for hydroxylation is 1. The van der Waals surface area contributed by atoms with Gasteiger partial charge in [0.1, 0.15) is 11.5 Å². The number of hydrogen-bond acceptors (Lipinski definition) is 3. The summed E-state index contributed by atoms with van der Waals surface area (Å²) >= 11 is 6.61. The van der Waals surface area contributed by atoms with Crippen LogP contribution in [0.25, 0.3) is 16.7 Å². The summed E-state index contributed by atoms with van der Waals surface area (Å²) in [6, 6.07) is 11.6. The fourth-order valence-electron chi connectivity index (χ4n) is 4.74. The predicted octanol–water partition coefficient (Wildman–Crippen LogP) is 6.52. The van der Waals surface area contributed by atoms with Crippen molar-refractivity contribution in [1.29, 1.82) is 0 Å². The highest BCUT2D eigenvalue weighted by molar-refractivity contribution is 6.34. The number of aliphatic hydroxyl groups excluding tert-OH is 1. The van der Waals surface area contributed by atoms with Gasteiger partial charge in [-0.1, -0.05) is 43.0 Å². The summed E-state index contributed by atoms with van der Waals surface area (Å²) in [4.78, 5) is 12.9. The standard InChI is InChI=1S/C24H25ClO3/c1-15-12-19(16-6-8-17(28-2)9-7-16)20(25)13-18(15)22-21(26)14-24(23(22)27)10-4-3-5-11-24/h6-9,12-13,27H,3-5,10-11,14H2,1-2H3. The molecule has 0 heterocycles. The zero-order valence-corrected chi connectivity index (χ0v) is 17.1. The molecule has 4 heteroatoms. The van der Waals surface area contributed by atoms with E-state index in [1.165, 1.54) is 6.42 Å². The SMILES string of the molecule is COc1ccc(-c2cc(C)c(C3=C(O)C4(CCCCC4)CC3=O)cc2Cl)cc1. The van der Waals surface area contributed by atoms with Crippen molar-refractivity contribution in [3.8, 4) is 16.9 Å². The van der Waals surface area contributed by atoms with Crippen LogP contribution in [0, 0.1) is 12.3 Å². The van der Waals surface area contributed by atoms with Crippen molar-refractivity contribution in [2.24, 2.45) is 5.41 Å². The Morgan fingerprint density at radius 2 is 1.71 bits per heavy atom. The Balaban J connectivity index is 1.76. The topological polar surface area (TPSA) is 46.5 Å². The van der Waals surface area contributed by atoms with Gasteiger partial charge in [-0.2, -0.15) is 0 Å². The molecule has 0 saturated heterocycles.